The van der Waals surface area contributed by atoms with E-state index in [1.54, 1.807) is 7.11 Å². The highest BCUT2D eigenvalue weighted by Gasteiger charge is 2.39. The van der Waals surface area contributed by atoms with Crippen LogP contribution in [0.4, 0.5) is 26.3 Å². The number of hydrogen-bond acceptors (Lipinski definition) is 7. The minimum absolute atomic E-state index is 0.273. The standard InChI is InChI=1S/C19H26N2O2S.2C2HF3O2/c1-15-3-4-17(24-15)14-21-10-7-19(23-12-11-22-2)18(21)13-16-5-8-20-9-6-16;2*3-2(4,5)1(6)7/h3-6,8-9,18-19H,7,10-14H2,1-2H3;2*(H,6,7)/t18-,19+;;/m0../s1. The second kappa shape index (κ2) is 15.6. The monoisotopic (exact) mass is 574 g/mol. The van der Waals surface area contributed by atoms with E-state index < -0.39 is 24.3 Å². The highest BCUT2D eigenvalue weighted by Crippen LogP contribution is 2.28. The van der Waals surface area contributed by atoms with Crippen molar-refractivity contribution in [1.29, 1.82) is 0 Å². The number of methoxy groups -OCH3 is 1. The summed E-state index contributed by atoms with van der Waals surface area (Å²) in [5.41, 5.74) is 1.32. The third kappa shape index (κ3) is 12.7. The summed E-state index contributed by atoms with van der Waals surface area (Å²) in [7, 11) is 1.72. The van der Waals surface area contributed by atoms with E-state index in [0.29, 0.717) is 19.3 Å². The largest absolute Gasteiger partial charge is 0.490 e. The molecule has 0 amide bonds. The van der Waals surface area contributed by atoms with Crippen molar-refractivity contribution in [3.8, 4) is 0 Å². The van der Waals surface area contributed by atoms with Gasteiger partial charge >= 0.3 is 24.3 Å². The molecular weight excluding hydrogens is 546 g/mol. The van der Waals surface area contributed by atoms with Gasteiger partial charge in [-0.2, -0.15) is 26.3 Å². The number of ether oxygens (including phenoxy) is 2. The van der Waals surface area contributed by atoms with Crippen LogP contribution in [0.3, 0.4) is 0 Å². The van der Waals surface area contributed by atoms with E-state index in [-0.39, 0.29) is 6.10 Å². The Morgan fingerprint density at radius 2 is 1.58 bits per heavy atom. The Labute approximate surface area is 218 Å². The Bertz CT molecular complexity index is 963. The Hall–Kier alpha value is -2.75. The quantitative estimate of drug-likeness (QED) is 0.349. The lowest BCUT2D eigenvalue weighted by molar-refractivity contribution is -0.193. The van der Waals surface area contributed by atoms with Gasteiger partial charge in [-0.15, -0.1) is 11.3 Å². The molecule has 214 valence electrons. The molecule has 3 rings (SSSR count). The van der Waals surface area contributed by atoms with E-state index in [1.165, 1.54) is 15.3 Å². The van der Waals surface area contributed by atoms with E-state index in [9.17, 15) is 26.3 Å². The maximum atomic E-state index is 10.6. The number of pyridine rings is 1. The highest BCUT2D eigenvalue weighted by molar-refractivity contribution is 7.11. The van der Waals surface area contributed by atoms with Crippen LogP contribution in [0.1, 0.15) is 21.7 Å². The summed E-state index contributed by atoms with van der Waals surface area (Å²) in [6, 6.07) is 9.09. The molecule has 3 heterocycles. The van der Waals surface area contributed by atoms with E-state index in [4.69, 9.17) is 29.3 Å². The zero-order valence-electron chi connectivity index (χ0n) is 20.5. The Morgan fingerprint density at radius 3 is 2.03 bits per heavy atom. The molecule has 2 aromatic rings. The lowest BCUT2D eigenvalue weighted by Gasteiger charge is -2.28. The number of rotatable bonds is 8. The molecule has 2 atom stereocenters. The molecule has 0 unspecified atom stereocenters. The van der Waals surface area contributed by atoms with E-state index in [2.05, 4.69) is 41.1 Å². The van der Waals surface area contributed by atoms with Crippen LogP contribution in [0.25, 0.3) is 0 Å². The maximum absolute atomic E-state index is 10.6. The van der Waals surface area contributed by atoms with E-state index >= 15 is 0 Å². The van der Waals surface area contributed by atoms with E-state index in [1.807, 2.05) is 23.7 Å². The number of nitrogens with zero attached hydrogens (tertiary/aromatic N) is 2. The first-order valence-corrected chi connectivity index (χ1v) is 11.9. The summed E-state index contributed by atoms with van der Waals surface area (Å²) < 4.78 is 74.7. The number of carbonyl (C=O) groups is 2. The van der Waals surface area contributed by atoms with Crippen LogP contribution in [0.2, 0.25) is 0 Å². The summed E-state index contributed by atoms with van der Waals surface area (Å²) in [6.45, 7) is 5.59. The molecule has 38 heavy (non-hydrogen) atoms. The number of aliphatic carboxylic acids is 2. The zero-order chi connectivity index (χ0) is 28.9. The molecule has 0 radical (unpaired) electrons. The van der Waals surface area contributed by atoms with Crippen molar-refractivity contribution in [1.82, 2.24) is 9.88 Å². The third-order valence-corrected chi connectivity index (χ3v) is 6.04. The van der Waals surface area contributed by atoms with Gasteiger partial charge in [0.05, 0.1) is 19.3 Å². The molecule has 8 nitrogen and oxygen atoms in total. The normalized spacial score (nSPS) is 17.7. The van der Waals surface area contributed by atoms with Gasteiger partial charge in [0.25, 0.3) is 0 Å². The Morgan fingerprint density at radius 1 is 1.03 bits per heavy atom. The number of alkyl halides is 6. The van der Waals surface area contributed by atoms with Gasteiger partial charge in [0.15, 0.2) is 0 Å². The van der Waals surface area contributed by atoms with Gasteiger partial charge in [-0.1, -0.05) is 0 Å². The molecular formula is C23H28F6N2O6S. The molecule has 2 N–H and O–H groups in total. The SMILES string of the molecule is COCCO[C@@H]1CCN(Cc2ccc(C)s2)[C@H]1Cc1ccncc1.O=C(O)C(F)(F)F.O=C(O)C(F)(F)F. The molecule has 0 aliphatic carbocycles. The minimum Gasteiger partial charge on any atom is -0.475 e. The molecule has 1 aliphatic heterocycles. The van der Waals surface area contributed by atoms with Crippen LogP contribution in [-0.4, -0.2) is 83.4 Å². The summed E-state index contributed by atoms with van der Waals surface area (Å²) in [4.78, 5) is 27.3. The Balaban J connectivity index is 0.000000426. The van der Waals surface area contributed by atoms with Crippen LogP contribution >= 0.6 is 11.3 Å². The maximum Gasteiger partial charge on any atom is 0.490 e. The van der Waals surface area contributed by atoms with Crippen molar-refractivity contribution in [2.75, 3.05) is 26.9 Å². The van der Waals surface area contributed by atoms with Gasteiger partial charge in [-0.25, -0.2) is 9.59 Å². The van der Waals surface area contributed by atoms with Gasteiger partial charge in [0, 0.05) is 48.4 Å². The van der Waals surface area contributed by atoms with Gasteiger partial charge < -0.3 is 19.7 Å². The predicted molar refractivity (Wildman–Crippen MR) is 125 cm³/mol. The molecule has 0 aromatic carbocycles. The topological polar surface area (TPSA) is 109 Å². The minimum atomic E-state index is -5.08. The number of aryl methyl sites for hydroxylation is 1. The van der Waals surface area contributed by atoms with Crippen LogP contribution in [-0.2, 0) is 32.0 Å². The van der Waals surface area contributed by atoms with Crippen molar-refractivity contribution in [2.45, 2.75) is 50.8 Å². The molecule has 0 bridgehead atoms. The van der Waals surface area contributed by atoms with Crippen molar-refractivity contribution >= 4 is 23.3 Å². The third-order valence-electron chi connectivity index (χ3n) is 5.05. The number of thiophene rings is 1. The molecule has 15 heteroatoms. The van der Waals surface area contributed by atoms with Crippen molar-refractivity contribution in [2.24, 2.45) is 0 Å². The van der Waals surface area contributed by atoms with Crippen LogP contribution in [0.15, 0.2) is 36.7 Å². The number of carboxylic acid groups (broad SMARTS) is 2. The first kappa shape index (κ1) is 33.3. The zero-order valence-corrected chi connectivity index (χ0v) is 21.3. The smallest absolute Gasteiger partial charge is 0.475 e. The second-order valence-corrected chi connectivity index (χ2v) is 9.28. The number of carboxylic acids is 2. The summed E-state index contributed by atoms with van der Waals surface area (Å²) in [5.74, 6) is -5.51. The number of hydrogen-bond donors (Lipinski definition) is 2. The summed E-state index contributed by atoms with van der Waals surface area (Å²) in [6.07, 6.45) is -4.06. The van der Waals surface area contributed by atoms with Crippen LogP contribution in [0.5, 0.6) is 0 Å². The average Bonchev–Trinajstić information content (AvgIpc) is 3.40. The second-order valence-electron chi connectivity index (χ2n) is 7.91. The molecule has 0 saturated carbocycles. The van der Waals surface area contributed by atoms with E-state index in [0.717, 1.165) is 25.9 Å². The fourth-order valence-electron chi connectivity index (χ4n) is 3.35. The molecule has 1 fully saturated rings. The molecule has 0 spiro atoms. The lowest BCUT2D eigenvalue weighted by atomic mass is 10.0. The molecule has 1 aliphatic rings. The first-order chi connectivity index (χ1) is 17.6. The summed E-state index contributed by atoms with van der Waals surface area (Å²) in [5, 5.41) is 14.2. The number of aromatic nitrogens is 1. The van der Waals surface area contributed by atoms with Gasteiger partial charge in [0.1, 0.15) is 0 Å². The van der Waals surface area contributed by atoms with Crippen molar-refractivity contribution in [3.63, 3.8) is 0 Å². The number of likely N-dealkylation sites (tertiary alicyclic amines) is 1. The molecule has 2 aromatic heterocycles. The van der Waals surface area contributed by atoms with Gasteiger partial charge in [0.2, 0.25) is 0 Å². The predicted octanol–water partition coefficient (Wildman–Crippen LogP) is 4.57. The lowest BCUT2D eigenvalue weighted by Crippen LogP contribution is -2.38. The van der Waals surface area contributed by atoms with Gasteiger partial charge in [-0.3, -0.25) is 9.88 Å². The summed E-state index contributed by atoms with van der Waals surface area (Å²) >= 11 is 1.89. The van der Waals surface area contributed by atoms with Crippen molar-refractivity contribution in [3.05, 3.63) is 52.0 Å². The number of halogens is 6. The Kier molecular flexibility index (Phi) is 13.7. The van der Waals surface area contributed by atoms with Crippen LogP contribution < -0.4 is 0 Å². The fourth-order valence-corrected chi connectivity index (χ4v) is 4.27. The van der Waals surface area contributed by atoms with Crippen LogP contribution in [0, 0.1) is 6.92 Å². The average molecular weight is 575 g/mol. The first-order valence-electron chi connectivity index (χ1n) is 11.0. The fraction of sp³-hybridized carbons (Fsp3) is 0.522. The molecule has 1 saturated heterocycles. The van der Waals surface area contributed by atoms with Crippen molar-refractivity contribution < 1.29 is 55.6 Å². The highest BCUT2D eigenvalue weighted by atomic mass is 32.1. The van der Waals surface area contributed by atoms with Gasteiger partial charge in [-0.05, 0) is 49.6 Å².